The third-order valence-electron chi connectivity index (χ3n) is 5.93. The van der Waals surface area contributed by atoms with Crippen LogP contribution in [0.2, 0.25) is 0 Å². The standard InChI is InChI=1S/C27H20F3N3O2/c28-27(29,30)22-8-6-19(15-21(22)17-4-2-1-3-5-17)24-16-23(31-32-24)18-7-9-25-20(14-18)10-12-33(25)13-11-26(34)35/h1-10,12,14-16H,11,13H2,(H,31,32)(H,34,35). The highest BCUT2D eigenvalue weighted by Gasteiger charge is 2.33. The van der Waals surface area contributed by atoms with E-state index in [-0.39, 0.29) is 12.0 Å². The molecule has 0 spiro atoms. The summed E-state index contributed by atoms with van der Waals surface area (Å²) in [6.45, 7) is 0.377. The molecular formula is C27H20F3N3O2. The lowest BCUT2D eigenvalue weighted by Crippen LogP contribution is -2.07. The van der Waals surface area contributed by atoms with Crippen molar-refractivity contribution in [1.82, 2.24) is 14.8 Å². The van der Waals surface area contributed by atoms with Crippen LogP contribution in [0, 0.1) is 0 Å². The second kappa shape index (κ2) is 8.79. The summed E-state index contributed by atoms with van der Waals surface area (Å²) in [5, 5.41) is 17.2. The Morgan fingerprint density at radius 1 is 0.914 bits per heavy atom. The summed E-state index contributed by atoms with van der Waals surface area (Å²) in [5.74, 6) is -0.855. The monoisotopic (exact) mass is 475 g/mol. The van der Waals surface area contributed by atoms with Crippen LogP contribution in [0.5, 0.6) is 0 Å². The number of aryl methyl sites for hydroxylation is 1. The van der Waals surface area contributed by atoms with Crippen LogP contribution in [-0.4, -0.2) is 25.8 Å². The molecule has 0 bridgehead atoms. The SMILES string of the molecule is O=C(O)CCn1ccc2cc(-c3cc(-c4ccc(C(F)(F)F)c(-c5ccccc5)c4)[nH]n3)ccc21. The Labute approximate surface area is 198 Å². The quantitative estimate of drug-likeness (QED) is 0.282. The fraction of sp³-hybridized carbons (Fsp3) is 0.111. The summed E-state index contributed by atoms with van der Waals surface area (Å²) in [6, 6.07) is 22.0. The number of H-pyrrole nitrogens is 1. The lowest BCUT2D eigenvalue weighted by Gasteiger charge is -2.14. The van der Waals surface area contributed by atoms with Gasteiger partial charge in [-0.2, -0.15) is 18.3 Å². The van der Waals surface area contributed by atoms with Gasteiger partial charge in [-0.1, -0.05) is 42.5 Å². The lowest BCUT2D eigenvalue weighted by molar-refractivity contribution is -0.138. The summed E-state index contributed by atoms with van der Waals surface area (Å²) in [7, 11) is 0. The number of nitrogens with zero attached hydrogens (tertiary/aromatic N) is 2. The van der Waals surface area contributed by atoms with Gasteiger partial charge >= 0.3 is 12.1 Å². The molecule has 0 saturated carbocycles. The van der Waals surface area contributed by atoms with Crippen molar-refractivity contribution in [2.24, 2.45) is 0 Å². The molecule has 2 heterocycles. The van der Waals surface area contributed by atoms with Crippen molar-refractivity contribution in [3.63, 3.8) is 0 Å². The number of carboxylic acid groups (broad SMARTS) is 1. The van der Waals surface area contributed by atoms with Gasteiger partial charge in [0.25, 0.3) is 0 Å². The molecule has 0 unspecified atom stereocenters. The maximum atomic E-state index is 13.7. The van der Waals surface area contributed by atoms with Crippen molar-refractivity contribution in [3.05, 3.63) is 90.6 Å². The Balaban J connectivity index is 1.49. The number of carboxylic acids is 1. The smallest absolute Gasteiger partial charge is 0.417 e. The summed E-state index contributed by atoms with van der Waals surface area (Å²) in [4.78, 5) is 10.9. The van der Waals surface area contributed by atoms with Gasteiger partial charge in [-0.05, 0) is 47.5 Å². The Morgan fingerprint density at radius 3 is 2.43 bits per heavy atom. The lowest BCUT2D eigenvalue weighted by atomic mass is 9.95. The molecule has 3 aromatic carbocycles. The minimum Gasteiger partial charge on any atom is -0.481 e. The van der Waals surface area contributed by atoms with Crippen molar-refractivity contribution < 1.29 is 23.1 Å². The number of aliphatic carboxylic acids is 1. The number of fused-ring (bicyclic) bond motifs is 1. The average Bonchev–Trinajstić information content (AvgIpc) is 3.49. The predicted molar refractivity (Wildman–Crippen MR) is 128 cm³/mol. The highest BCUT2D eigenvalue weighted by molar-refractivity contribution is 5.86. The first-order chi connectivity index (χ1) is 16.8. The molecule has 5 rings (SSSR count). The van der Waals surface area contributed by atoms with E-state index in [4.69, 9.17) is 5.11 Å². The van der Waals surface area contributed by atoms with E-state index < -0.39 is 17.7 Å². The van der Waals surface area contributed by atoms with Crippen molar-refractivity contribution in [1.29, 1.82) is 0 Å². The number of rotatable bonds is 6. The molecule has 0 aliphatic heterocycles. The first kappa shape index (κ1) is 22.5. The number of hydrogen-bond donors (Lipinski definition) is 2. The van der Waals surface area contributed by atoms with Gasteiger partial charge < -0.3 is 9.67 Å². The maximum absolute atomic E-state index is 13.7. The van der Waals surface area contributed by atoms with Gasteiger partial charge in [0.15, 0.2) is 0 Å². The molecule has 0 aliphatic rings. The predicted octanol–water partition coefficient (Wildman–Crippen LogP) is 6.86. The number of halogens is 3. The zero-order chi connectivity index (χ0) is 24.6. The molecule has 176 valence electrons. The van der Waals surface area contributed by atoms with Crippen LogP contribution >= 0.6 is 0 Å². The fourth-order valence-electron chi connectivity index (χ4n) is 4.20. The number of nitrogens with one attached hydrogen (secondary N) is 1. The van der Waals surface area contributed by atoms with Gasteiger partial charge in [0.1, 0.15) is 0 Å². The van der Waals surface area contributed by atoms with E-state index in [1.807, 2.05) is 35.0 Å². The van der Waals surface area contributed by atoms with Crippen molar-refractivity contribution in [2.45, 2.75) is 19.1 Å². The third kappa shape index (κ3) is 4.55. The van der Waals surface area contributed by atoms with Gasteiger partial charge in [0.2, 0.25) is 0 Å². The Bertz CT molecular complexity index is 1520. The molecule has 5 nitrogen and oxygen atoms in total. The molecule has 0 saturated heterocycles. The minimum atomic E-state index is -4.47. The molecule has 8 heteroatoms. The molecule has 2 aromatic heterocycles. The largest absolute Gasteiger partial charge is 0.481 e. The maximum Gasteiger partial charge on any atom is 0.417 e. The molecule has 0 amide bonds. The van der Waals surface area contributed by atoms with E-state index in [2.05, 4.69) is 10.2 Å². The summed E-state index contributed by atoms with van der Waals surface area (Å²) < 4.78 is 42.9. The summed E-state index contributed by atoms with van der Waals surface area (Å²) in [6.07, 6.45) is -2.59. The molecule has 0 fully saturated rings. The van der Waals surface area contributed by atoms with E-state index in [9.17, 15) is 18.0 Å². The van der Waals surface area contributed by atoms with Gasteiger partial charge in [0, 0.05) is 34.8 Å². The van der Waals surface area contributed by atoms with Crippen LogP contribution in [0.1, 0.15) is 12.0 Å². The van der Waals surface area contributed by atoms with E-state index in [1.165, 1.54) is 12.1 Å². The van der Waals surface area contributed by atoms with E-state index in [1.54, 1.807) is 36.4 Å². The van der Waals surface area contributed by atoms with Gasteiger partial charge in [-0.3, -0.25) is 9.89 Å². The minimum absolute atomic E-state index is 0.0341. The molecule has 0 radical (unpaired) electrons. The normalized spacial score (nSPS) is 11.7. The highest BCUT2D eigenvalue weighted by Crippen LogP contribution is 2.39. The van der Waals surface area contributed by atoms with Crippen LogP contribution < -0.4 is 0 Å². The van der Waals surface area contributed by atoms with Crippen LogP contribution in [0.3, 0.4) is 0 Å². The van der Waals surface area contributed by atoms with Crippen LogP contribution in [-0.2, 0) is 17.5 Å². The van der Waals surface area contributed by atoms with Gasteiger partial charge in [0.05, 0.1) is 23.4 Å². The number of hydrogen-bond acceptors (Lipinski definition) is 2. The number of benzene rings is 3. The Morgan fingerprint density at radius 2 is 1.69 bits per heavy atom. The highest BCUT2D eigenvalue weighted by atomic mass is 19.4. The number of aromatic amines is 1. The van der Waals surface area contributed by atoms with Gasteiger partial charge in [-0.25, -0.2) is 0 Å². The molecule has 35 heavy (non-hydrogen) atoms. The number of carbonyl (C=O) groups is 1. The fourth-order valence-corrected chi connectivity index (χ4v) is 4.20. The van der Waals surface area contributed by atoms with E-state index >= 15 is 0 Å². The van der Waals surface area contributed by atoms with Crippen molar-refractivity contribution in [2.75, 3.05) is 0 Å². The zero-order valence-electron chi connectivity index (χ0n) is 18.4. The Kier molecular flexibility index (Phi) is 5.64. The van der Waals surface area contributed by atoms with Crippen LogP contribution in [0.15, 0.2) is 85.1 Å². The van der Waals surface area contributed by atoms with E-state index in [0.29, 0.717) is 29.1 Å². The molecule has 5 aromatic rings. The second-order valence-electron chi connectivity index (χ2n) is 8.22. The third-order valence-corrected chi connectivity index (χ3v) is 5.93. The van der Waals surface area contributed by atoms with Gasteiger partial charge in [-0.15, -0.1) is 0 Å². The van der Waals surface area contributed by atoms with Crippen LogP contribution in [0.25, 0.3) is 44.5 Å². The molecular weight excluding hydrogens is 455 g/mol. The summed E-state index contributed by atoms with van der Waals surface area (Å²) in [5.41, 5.74) is 3.51. The molecule has 0 atom stereocenters. The second-order valence-corrected chi connectivity index (χ2v) is 8.22. The first-order valence-electron chi connectivity index (χ1n) is 10.9. The molecule has 2 N–H and O–H groups in total. The Hall–Kier alpha value is -4.33. The average molecular weight is 475 g/mol. The van der Waals surface area contributed by atoms with Crippen LogP contribution in [0.4, 0.5) is 13.2 Å². The van der Waals surface area contributed by atoms with Crippen molar-refractivity contribution in [3.8, 4) is 33.6 Å². The topological polar surface area (TPSA) is 70.9 Å². The molecule has 0 aliphatic carbocycles. The van der Waals surface area contributed by atoms with Crippen molar-refractivity contribution >= 4 is 16.9 Å². The first-order valence-corrected chi connectivity index (χ1v) is 10.9. The van der Waals surface area contributed by atoms with E-state index in [0.717, 1.165) is 22.5 Å². The zero-order valence-corrected chi connectivity index (χ0v) is 18.4. The summed E-state index contributed by atoms with van der Waals surface area (Å²) >= 11 is 0. The number of aromatic nitrogens is 3. The number of alkyl halides is 3.